The third-order valence-electron chi connectivity index (χ3n) is 2.96. The molecule has 17 heavy (non-hydrogen) atoms. The molecule has 0 saturated carbocycles. The molecule has 2 rings (SSSR count). The van der Waals surface area contributed by atoms with Crippen molar-refractivity contribution in [3.05, 3.63) is 29.8 Å². The minimum absolute atomic E-state index is 0.120. The summed E-state index contributed by atoms with van der Waals surface area (Å²) >= 11 is 5.49. The van der Waals surface area contributed by atoms with Gasteiger partial charge >= 0.3 is 0 Å². The number of carbonyl (C=O) groups is 1. The highest BCUT2D eigenvalue weighted by Crippen LogP contribution is 2.36. The summed E-state index contributed by atoms with van der Waals surface area (Å²) in [4.78, 5) is 11.5. The van der Waals surface area contributed by atoms with Crippen LogP contribution in [0.2, 0.25) is 0 Å². The Morgan fingerprint density at radius 1 is 1.53 bits per heavy atom. The molecule has 1 aliphatic heterocycles. The number of alkyl halides is 1. The van der Waals surface area contributed by atoms with E-state index in [0.717, 1.165) is 5.56 Å². The number of nitrogens with one attached hydrogen (secondary N) is 1. The van der Waals surface area contributed by atoms with Gasteiger partial charge in [-0.3, -0.25) is 4.79 Å². The fraction of sp³-hybridized carbons (Fsp3) is 0.417. The molecule has 0 fully saturated rings. The van der Waals surface area contributed by atoms with E-state index in [1.807, 2.05) is 24.3 Å². The fourth-order valence-corrected chi connectivity index (χ4v) is 2.16. The van der Waals surface area contributed by atoms with Gasteiger partial charge in [-0.25, -0.2) is 0 Å². The minimum atomic E-state index is -0.777. The number of ether oxygens (including phenoxy) is 1. The normalized spacial score (nSPS) is 22.5. The lowest BCUT2D eigenvalue weighted by Gasteiger charge is -2.38. The molecule has 92 valence electrons. The zero-order valence-electron chi connectivity index (χ0n) is 9.28. The molecule has 0 bridgehead atoms. The van der Waals surface area contributed by atoms with E-state index < -0.39 is 5.54 Å². The van der Waals surface area contributed by atoms with E-state index >= 15 is 0 Å². The summed E-state index contributed by atoms with van der Waals surface area (Å²) in [6.45, 7) is 0.288. The maximum Gasteiger partial charge on any atom is 0.235 e. The number of amides is 1. The Morgan fingerprint density at radius 3 is 3.00 bits per heavy atom. The summed E-state index contributed by atoms with van der Waals surface area (Å²) < 4.78 is 5.50. The molecule has 0 radical (unpaired) electrons. The van der Waals surface area contributed by atoms with Crippen LogP contribution in [-0.2, 0) is 10.3 Å². The molecule has 1 aliphatic rings. The number of aliphatic hydroxyl groups excluding tert-OH is 1. The summed E-state index contributed by atoms with van der Waals surface area (Å²) in [5, 5.41) is 12.4. The second-order valence-corrected chi connectivity index (χ2v) is 4.28. The smallest absolute Gasteiger partial charge is 0.235 e. The zero-order chi connectivity index (χ0) is 12.3. The minimum Gasteiger partial charge on any atom is -0.493 e. The molecule has 5 heteroatoms. The molecule has 0 aromatic heterocycles. The quantitative estimate of drug-likeness (QED) is 0.793. The Labute approximate surface area is 105 Å². The van der Waals surface area contributed by atoms with Crippen LogP contribution in [0.4, 0.5) is 0 Å². The van der Waals surface area contributed by atoms with Gasteiger partial charge in [-0.2, -0.15) is 0 Å². The molecule has 0 aliphatic carbocycles. The van der Waals surface area contributed by atoms with Crippen LogP contribution in [0.5, 0.6) is 5.75 Å². The second-order valence-electron chi connectivity index (χ2n) is 4.02. The fourth-order valence-electron chi connectivity index (χ4n) is 2.09. The molecule has 1 heterocycles. The van der Waals surface area contributed by atoms with E-state index in [9.17, 15) is 9.90 Å². The van der Waals surface area contributed by atoms with Gasteiger partial charge < -0.3 is 15.2 Å². The highest BCUT2D eigenvalue weighted by Gasteiger charge is 2.38. The Bertz CT molecular complexity index is 424. The Morgan fingerprint density at radius 2 is 2.29 bits per heavy atom. The van der Waals surface area contributed by atoms with Gasteiger partial charge in [0, 0.05) is 12.0 Å². The average molecular weight is 256 g/mol. The third-order valence-corrected chi connectivity index (χ3v) is 3.20. The van der Waals surface area contributed by atoms with Crippen molar-refractivity contribution in [2.75, 3.05) is 19.1 Å². The number of para-hydroxylation sites is 1. The summed E-state index contributed by atoms with van der Waals surface area (Å²) in [6.07, 6.45) is 0.531. The summed E-state index contributed by atoms with van der Waals surface area (Å²) in [6, 6.07) is 7.38. The SMILES string of the molecule is O=C(CCl)NC1(CO)CCOc2ccccc21. The lowest BCUT2D eigenvalue weighted by molar-refractivity contribution is -0.121. The van der Waals surface area contributed by atoms with Gasteiger partial charge in [0.15, 0.2) is 0 Å². The number of hydrogen-bond donors (Lipinski definition) is 2. The van der Waals surface area contributed by atoms with Gasteiger partial charge in [-0.1, -0.05) is 18.2 Å². The Kier molecular flexibility index (Phi) is 3.54. The van der Waals surface area contributed by atoms with Crippen LogP contribution in [0.1, 0.15) is 12.0 Å². The van der Waals surface area contributed by atoms with E-state index in [1.165, 1.54) is 0 Å². The Hall–Kier alpha value is -1.26. The number of rotatable bonds is 3. The van der Waals surface area contributed by atoms with Crippen molar-refractivity contribution in [3.8, 4) is 5.75 Å². The molecule has 1 aromatic rings. The maximum atomic E-state index is 11.5. The van der Waals surface area contributed by atoms with Crippen molar-refractivity contribution in [2.45, 2.75) is 12.0 Å². The van der Waals surface area contributed by atoms with Crippen LogP contribution in [0.15, 0.2) is 24.3 Å². The molecule has 0 saturated heterocycles. The van der Waals surface area contributed by atoms with Gasteiger partial charge in [0.25, 0.3) is 0 Å². The molecule has 2 N–H and O–H groups in total. The van der Waals surface area contributed by atoms with E-state index in [0.29, 0.717) is 18.8 Å². The first-order valence-electron chi connectivity index (χ1n) is 5.42. The number of carbonyl (C=O) groups excluding carboxylic acids is 1. The van der Waals surface area contributed by atoms with Crippen molar-refractivity contribution in [2.24, 2.45) is 0 Å². The van der Waals surface area contributed by atoms with Crippen LogP contribution >= 0.6 is 11.6 Å². The van der Waals surface area contributed by atoms with E-state index in [-0.39, 0.29) is 18.4 Å². The lowest BCUT2D eigenvalue weighted by atomic mass is 9.85. The molecule has 4 nitrogen and oxygen atoms in total. The number of hydrogen-bond acceptors (Lipinski definition) is 3. The average Bonchev–Trinajstić information content (AvgIpc) is 2.39. The van der Waals surface area contributed by atoms with Gasteiger partial charge in [0.1, 0.15) is 11.6 Å². The predicted molar refractivity (Wildman–Crippen MR) is 64.2 cm³/mol. The molecule has 1 aromatic carbocycles. The summed E-state index contributed by atoms with van der Waals surface area (Å²) in [5.41, 5.74) is 0.0214. The molecule has 0 spiro atoms. The Balaban J connectivity index is 2.38. The van der Waals surface area contributed by atoms with E-state index in [4.69, 9.17) is 16.3 Å². The van der Waals surface area contributed by atoms with Crippen molar-refractivity contribution < 1.29 is 14.6 Å². The van der Waals surface area contributed by atoms with Crippen LogP contribution in [0.25, 0.3) is 0 Å². The van der Waals surface area contributed by atoms with Gasteiger partial charge in [0.2, 0.25) is 5.91 Å². The highest BCUT2D eigenvalue weighted by molar-refractivity contribution is 6.27. The van der Waals surface area contributed by atoms with Crippen LogP contribution in [0.3, 0.4) is 0 Å². The van der Waals surface area contributed by atoms with E-state index in [2.05, 4.69) is 5.32 Å². The monoisotopic (exact) mass is 255 g/mol. The van der Waals surface area contributed by atoms with E-state index in [1.54, 1.807) is 0 Å². The van der Waals surface area contributed by atoms with Crippen molar-refractivity contribution in [3.63, 3.8) is 0 Å². The molecular formula is C12H14ClNO3. The van der Waals surface area contributed by atoms with Gasteiger partial charge in [0.05, 0.1) is 18.8 Å². The second kappa shape index (κ2) is 4.94. The number of benzene rings is 1. The summed E-state index contributed by atoms with van der Waals surface area (Å²) in [5.74, 6) is 0.283. The summed E-state index contributed by atoms with van der Waals surface area (Å²) in [7, 11) is 0. The standard InChI is InChI=1S/C12H14ClNO3/c13-7-11(16)14-12(8-15)5-6-17-10-4-2-1-3-9(10)12/h1-4,15H,5-8H2,(H,14,16). The first kappa shape index (κ1) is 12.2. The molecule has 1 amide bonds. The molecular weight excluding hydrogens is 242 g/mol. The highest BCUT2D eigenvalue weighted by atomic mass is 35.5. The topological polar surface area (TPSA) is 58.6 Å². The maximum absolute atomic E-state index is 11.5. The van der Waals surface area contributed by atoms with Crippen LogP contribution in [0, 0.1) is 0 Å². The van der Waals surface area contributed by atoms with Gasteiger partial charge in [-0.15, -0.1) is 11.6 Å². The molecule has 1 atom stereocenters. The first-order chi connectivity index (χ1) is 8.22. The van der Waals surface area contributed by atoms with Crippen LogP contribution < -0.4 is 10.1 Å². The zero-order valence-corrected chi connectivity index (χ0v) is 10.0. The lowest BCUT2D eigenvalue weighted by Crippen LogP contribution is -2.51. The number of fused-ring (bicyclic) bond motifs is 1. The number of halogens is 1. The predicted octanol–water partition coefficient (Wildman–Crippen LogP) is 1.01. The first-order valence-corrected chi connectivity index (χ1v) is 5.95. The van der Waals surface area contributed by atoms with Crippen molar-refractivity contribution in [1.82, 2.24) is 5.32 Å². The van der Waals surface area contributed by atoms with Crippen molar-refractivity contribution in [1.29, 1.82) is 0 Å². The van der Waals surface area contributed by atoms with Crippen LogP contribution in [-0.4, -0.2) is 30.1 Å². The largest absolute Gasteiger partial charge is 0.493 e. The van der Waals surface area contributed by atoms with Gasteiger partial charge in [-0.05, 0) is 6.07 Å². The van der Waals surface area contributed by atoms with Crippen molar-refractivity contribution >= 4 is 17.5 Å². The third kappa shape index (κ3) is 2.23. The number of aliphatic hydroxyl groups is 1. The molecule has 1 unspecified atom stereocenters.